The van der Waals surface area contributed by atoms with Crippen molar-refractivity contribution in [1.82, 2.24) is 30.4 Å². The number of amides is 2. The van der Waals surface area contributed by atoms with Crippen LogP contribution in [0.3, 0.4) is 0 Å². The quantitative estimate of drug-likeness (QED) is 0.0244. The van der Waals surface area contributed by atoms with Crippen LogP contribution in [0.15, 0.2) is 92.1 Å². The number of halogens is 4. The largest absolute Gasteiger partial charge is 0.432 e. The van der Waals surface area contributed by atoms with Crippen LogP contribution in [0.25, 0.3) is 22.2 Å². The lowest BCUT2D eigenvalue weighted by Crippen LogP contribution is -2.41. The summed E-state index contributed by atoms with van der Waals surface area (Å²) >= 11 is 25.8. The zero-order valence-corrected chi connectivity index (χ0v) is 39.8. The molecule has 6 aromatic rings. The van der Waals surface area contributed by atoms with Crippen LogP contribution in [0.2, 0.25) is 20.1 Å². The lowest BCUT2D eigenvalue weighted by atomic mass is 10.2. The molecule has 2 heterocycles. The molecular formula is C44H44Cl4N6O8S2. The van der Waals surface area contributed by atoms with E-state index >= 15 is 0 Å². The molecule has 2 amide bonds. The molecule has 0 saturated heterocycles. The number of hydrogen-bond donors (Lipinski definition) is 2. The predicted octanol–water partition coefficient (Wildman–Crippen LogP) is 9.10. The van der Waals surface area contributed by atoms with Gasteiger partial charge in [-0.15, -0.1) is 0 Å². The fourth-order valence-electron chi connectivity index (χ4n) is 6.31. The third-order valence-electron chi connectivity index (χ3n) is 9.55. The second-order valence-corrected chi connectivity index (χ2v) is 18.4. The molecule has 0 radical (unpaired) electrons. The van der Waals surface area contributed by atoms with Gasteiger partial charge in [0.2, 0.25) is 10.9 Å². The number of aryl methyl sites for hydroxylation is 2. The van der Waals surface area contributed by atoms with Gasteiger partial charge < -0.3 is 38.7 Å². The molecule has 0 aliphatic carbocycles. The van der Waals surface area contributed by atoms with E-state index in [1.165, 1.54) is 0 Å². The Kier molecular flexibility index (Phi) is 17.6. The summed E-state index contributed by atoms with van der Waals surface area (Å²) in [4.78, 5) is 67.2. The van der Waals surface area contributed by atoms with Gasteiger partial charge in [-0.1, -0.05) is 82.8 Å². The summed E-state index contributed by atoms with van der Waals surface area (Å²) in [5.41, 5.74) is 2.32. The minimum atomic E-state index is -1.64. The van der Waals surface area contributed by atoms with Gasteiger partial charge in [0.25, 0.3) is 22.3 Å². The first kappa shape index (κ1) is 48.9. The van der Waals surface area contributed by atoms with Crippen LogP contribution in [0.1, 0.15) is 35.1 Å². The maximum Gasteiger partial charge on any atom is 0.419 e. The van der Waals surface area contributed by atoms with Crippen molar-refractivity contribution in [3.05, 3.63) is 115 Å². The molecule has 20 heteroatoms. The van der Waals surface area contributed by atoms with Crippen molar-refractivity contribution >= 4 is 116 Å². The number of nitrogens with zero attached hydrogens (tertiary/aromatic N) is 4. The Morgan fingerprint density at radius 1 is 0.625 bits per heavy atom. The van der Waals surface area contributed by atoms with E-state index in [-0.39, 0.29) is 23.5 Å². The molecule has 0 fully saturated rings. The number of hydrogen-bond acceptors (Lipinski definition) is 14. The fraction of sp³-hybridized carbons (Fsp3) is 0.318. The lowest BCUT2D eigenvalue weighted by Gasteiger charge is -2.19. The Balaban J connectivity index is 1.10. The Morgan fingerprint density at radius 3 is 1.41 bits per heavy atom. The third-order valence-corrected chi connectivity index (χ3v) is 12.8. The van der Waals surface area contributed by atoms with Crippen molar-refractivity contribution in [2.45, 2.75) is 61.1 Å². The molecule has 2 N–H and O–H groups in total. The number of carbonyl (C=O) groups excluding carboxylic acids is 4. The maximum atomic E-state index is 13.6. The molecule has 0 bridgehead atoms. The minimum Gasteiger partial charge on any atom is -0.432 e. The first-order chi connectivity index (χ1) is 30.6. The number of thioether (sulfide) groups is 2. The minimum absolute atomic E-state index is 0.0219. The number of ether oxygens (including phenoxy) is 2. The molecular weight excluding hydrogens is 946 g/mol. The van der Waals surface area contributed by atoms with E-state index in [1.807, 2.05) is 62.0 Å². The first-order valence-electron chi connectivity index (χ1n) is 19.9. The summed E-state index contributed by atoms with van der Waals surface area (Å²) in [7, 11) is 3.84. The van der Waals surface area contributed by atoms with E-state index < -0.39 is 34.6 Å². The number of para-hydroxylation sites is 2. The highest BCUT2D eigenvalue weighted by molar-refractivity contribution is 8.00. The molecule has 0 saturated carbocycles. The standard InChI is InChI=1S/C44H44Cl4N6O8S2/c1-25-9-5-11-33-35(25)51-43(59-33)63-41(37(55)49-17-7-19-53(3)23-27-13-15-29(45)31(47)21-27)61-39(57)40(58)62-42(64-44-52-36-26(2)10-6-12-34(36)60-44)38(56)50-18-8-20-54(4)24-28-14-16-30(46)32(48)22-28/h5-6,9-16,21-22,41-42H,7-8,17-20,23-24H2,1-4H3,(H,49,55)(H,50,56). The van der Waals surface area contributed by atoms with E-state index in [0.717, 1.165) is 22.3 Å². The van der Waals surface area contributed by atoms with E-state index in [2.05, 4.69) is 20.6 Å². The molecule has 338 valence electrons. The van der Waals surface area contributed by atoms with Crippen molar-refractivity contribution in [2.24, 2.45) is 0 Å². The molecule has 14 nitrogen and oxygen atoms in total. The van der Waals surface area contributed by atoms with Crippen LogP contribution >= 0.6 is 69.9 Å². The van der Waals surface area contributed by atoms with Crippen LogP contribution in [0.4, 0.5) is 0 Å². The normalized spacial score (nSPS) is 12.5. The summed E-state index contributed by atoms with van der Waals surface area (Å²) in [5.74, 6) is -4.52. The number of oxazole rings is 2. The molecule has 0 spiro atoms. The molecule has 4 aromatic carbocycles. The van der Waals surface area contributed by atoms with Crippen molar-refractivity contribution < 1.29 is 37.5 Å². The van der Waals surface area contributed by atoms with E-state index in [0.29, 0.717) is 105 Å². The average molecular weight is 991 g/mol. The van der Waals surface area contributed by atoms with Gasteiger partial charge in [-0.3, -0.25) is 9.59 Å². The molecule has 6 rings (SSSR count). The zero-order chi connectivity index (χ0) is 45.9. The summed E-state index contributed by atoms with van der Waals surface area (Å²) in [6.45, 7) is 6.45. The average Bonchev–Trinajstić information content (AvgIpc) is 3.88. The van der Waals surface area contributed by atoms with Crippen LogP contribution < -0.4 is 10.6 Å². The second kappa shape index (κ2) is 23.1. The monoisotopic (exact) mass is 988 g/mol. The zero-order valence-electron chi connectivity index (χ0n) is 35.1. The summed E-state index contributed by atoms with van der Waals surface area (Å²) in [6, 6.07) is 21.5. The van der Waals surface area contributed by atoms with Crippen LogP contribution in [-0.4, -0.2) is 94.7 Å². The van der Waals surface area contributed by atoms with Gasteiger partial charge in [0.1, 0.15) is 11.0 Å². The number of nitrogens with one attached hydrogen (secondary N) is 2. The van der Waals surface area contributed by atoms with E-state index in [9.17, 15) is 19.2 Å². The Bertz CT molecular complexity index is 2450. The number of fused-ring (bicyclic) bond motifs is 2. The summed E-state index contributed by atoms with van der Waals surface area (Å²) in [6.07, 6.45) is 1.05. The fourth-order valence-corrected chi connectivity index (χ4v) is 8.54. The van der Waals surface area contributed by atoms with E-state index in [1.54, 1.807) is 48.5 Å². The number of carbonyl (C=O) groups is 4. The van der Waals surface area contributed by atoms with Gasteiger partial charge >= 0.3 is 11.9 Å². The van der Waals surface area contributed by atoms with Gasteiger partial charge in [-0.05, 0) is 136 Å². The Morgan fingerprint density at radius 2 is 1.03 bits per heavy atom. The first-order valence-corrected chi connectivity index (χ1v) is 23.2. The van der Waals surface area contributed by atoms with Crippen molar-refractivity contribution in [3.8, 4) is 0 Å². The highest BCUT2D eigenvalue weighted by Crippen LogP contribution is 2.32. The molecule has 0 aliphatic rings. The maximum absolute atomic E-state index is 13.6. The molecule has 2 unspecified atom stereocenters. The smallest absolute Gasteiger partial charge is 0.419 e. The van der Waals surface area contributed by atoms with Crippen LogP contribution in [-0.2, 0) is 41.7 Å². The van der Waals surface area contributed by atoms with E-state index in [4.69, 9.17) is 64.7 Å². The lowest BCUT2D eigenvalue weighted by molar-refractivity contribution is -0.171. The van der Waals surface area contributed by atoms with Gasteiger partial charge in [0, 0.05) is 26.2 Å². The number of aromatic nitrogens is 2. The molecule has 64 heavy (non-hydrogen) atoms. The van der Waals surface area contributed by atoms with Crippen molar-refractivity contribution in [3.63, 3.8) is 0 Å². The van der Waals surface area contributed by atoms with Crippen LogP contribution in [0.5, 0.6) is 0 Å². The van der Waals surface area contributed by atoms with Gasteiger partial charge in [-0.2, -0.15) is 0 Å². The Labute approximate surface area is 398 Å². The summed E-state index contributed by atoms with van der Waals surface area (Å²) in [5, 5.41) is 7.42. The number of benzene rings is 4. The van der Waals surface area contributed by atoms with Gasteiger partial charge in [0.15, 0.2) is 11.2 Å². The molecule has 2 atom stereocenters. The predicted molar refractivity (Wildman–Crippen MR) is 250 cm³/mol. The molecule has 2 aromatic heterocycles. The number of rotatable bonds is 20. The Hall–Kier alpha value is -4.52. The number of esters is 2. The topological polar surface area (TPSA) is 169 Å². The highest BCUT2D eigenvalue weighted by Gasteiger charge is 2.34. The SMILES string of the molecule is Cc1cccc2oc(SC(OC(=O)C(=O)OC(Sc3nc4c(C)cccc4o3)C(=O)NCCCN(C)Cc3ccc(Cl)c(Cl)c3)C(=O)NCCCN(C)Cc3ccc(Cl)c(Cl)c3)nc12. The van der Waals surface area contributed by atoms with Crippen molar-refractivity contribution in [1.29, 1.82) is 0 Å². The molecule has 0 aliphatic heterocycles. The van der Waals surface area contributed by atoms with Crippen LogP contribution in [0, 0.1) is 13.8 Å². The summed E-state index contributed by atoms with van der Waals surface area (Å²) < 4.78 is 22.6. The highest BCUT2D eigenvalue weighted by atomic mass is 35.5. The van der Waals surface area contributed by atoms with Crippen molar-refractivity contribution in [2.75, 3.05) is 40.3 Å². The van der Waals surface area contributed by atoms with Gasteiger partial charge in [-0.25, -0.2) is 19.6 Å². The third kappa shape index (κ3) is 13.7. The van der Waals surface area contributed by atoms with Gasteiger partial charge in [0.05, 0.1) is 20.1 Å². The second-order valence-electron chi connectivity index (χ2n) is 14.8.